The summed E-state index contributed by atoms with van der Waals surface area (Å²) < 4.78 is 31.7. The lowest BCUT2D eigenvalue weighted by Gasteiger charge is -2.34. The van der Waals surface area contributed by atoms with Crippen molar-refractivity contribution in [2.24, 2.45) is 0 Å². The highest BCUT2D eigenvalue weighted by atomic mass is 19.4. The van der Waals surface area contributed by atoms with Crippen LogP contribution in [0.3, 0.4) is 0 Å². The van der Waals surface area contributed by atoms with Crippen LogP contribution in [0.2, 0.25) is 0 Å². The summed E-state index contributed by atoms with van der Waals surface area (Å²) in [6, 6.07) is 13.3. The number of benzene rings is 1. The fourth-order valence-electron chi connectivity index (χ4n) is 3.14. The zero-order valence-corrected chi connectivity index (χ0v) is 15.3. The first kappa shape index (κ1) is 20.9. The van der Waals surface area contributed by atoms with Crippen LogP contribution in [-0.4, -0.2) is 33.7 Å². The standard InChI is InChI=1S/C18H22N2.C2HF3O2/c1-3-15-7-6-8-16-10-12-20(13-17(15)16)14(2)18-9-4-5-11-19-18;3-2(4,5)1(6)7/h4-9,11,14H,3,10,12-13H2,1-2H3;(H,6,7). The van der Waals surface area contributed by atoms with E-state index >= 15 is 0 Å². The first-order valence-electron chi connectivity index (χ1n) is 8.78. The Bertz CT molecular complexity index is 749. The van der Waals surface area contributed by atoms with Gasteiger partial charge in [-0.15, -0.1) is 0 Å². The molecular weight excluding hydrogens is 357 g/mol. The van der Waals surface area contributed by atoms with Gasteiger partial charge in [0.05, 0.1) is 5.69 Å². The monoisotopic (exact) mass is 380 g/mol. The Kier molecular flexibility index (Phi) is 6.96. The van der Waals surface area contributed by atoms with E-state index in [4.69, 9.17) is 9.90 Å². The van der Waals surface area contributed by atoms with Gasteiger partial charge < -0.3 is 5.11 Å². The number of carbonyl (C=O) groups is 1. The molecule has 1 N–H and O–H groups in total. The fraction of sp³-hybridized carbons (Fsp3) is 0.400. The van der Waals surface area contributed by atoms with Crippen molar-refractivity contribution in [1.82, 2.24) is 9.88 Å². The zero-order valence-electron chi connectivity index (χ0n) is 15.3. The summed E-state index contributed by atoms with van der Waals surface area (Å²) >= 11 is 0. The largest absolute Gasteiger partial charge is 0.490 e. The number of aromatic nitrogens is 1. The SMILES string of the molecule is CCc1cccc2c1CN(C(C)c1ccccn1)CC2.O=C(O)C(F)(F)F. The average molecular weight is 380 g/mol. The zero-order chi connectivity index (χ0) is 20.0. The van der Waals surface area contributed by atoms with E-state index in [1.807, 2.05) is 12.3 Å². The third-order valence-corrected chi connectivity index (χ3v) is 4.69. The topological polar surface area (TPSA) is 53.4 Å². The summed E-state index contributed by atoms with van der Waals surface area (Å²) in [6.45, 7) is 6.69. The normalized spacial score (nSPS) is 15.3. The summed E-state index contributed by atoms with van der Waals surface area (Å²) in [5.74, 6) is -2.76. The molecule has 0 amide bonds. The molecule has 0 radical (unpaired) electrons. The van der Waals surface area contributed by atoms with Crippen LogP contribution >= 0.6 is 0 Å². The quantitative estimate of drug-likeness (QED) is 0.858. The lowest BCUT2D eigenvalue weighted by atomic mass is 9.92. The number of pyridine rings is 1. The van der Waals surface area contributed by atoms with Crippen molar-refractivity contribution in [3.05, 3.63) is 65.0 Å². The Morgan fingerprint density at radius 3 is 2.52 bits per heavy atom. The molecule has 1 aromatic heterocycles. The molecule has 0 bridgehead atoms. The Morgan fingerprint density at radius 1 is 1.26 bits per heavy atom. The third kappa shape index (κ3) is 5.53. The van der Waals surface area contributed by atoms with Crippen molar-refractivity contribution in [3.63, 3.8) is 0 Å². The van der Waals surface area contributed by atoms with E-state index in [-0.39, 0.29) is 0 Å². The summed E-state index contributed by atoms with van der Waals surface area (Å²) in [7, 11) is 0. The average Bonchev–Trinajstić information content (AvgIpc) is 2.67. The Balaban J connectivity index is 0.000000321. The number of fused-ring (bicyclic) bond motifs is 1. The van der Waals surface area contributed by atoms with Crippen LogP contribution in [0.5, 0.6) is 0 Å². The molecule has 0 saturated heterocycles. The molecule has 1 aliphatic heterocycles. The molecule has 2 heterocycles. The fourth-order valence-corrected chi connectivity index (χ4v) is 3.14. The summed E-state index contributed by atoms with van der Waals surface area (Å²) in [6.07, 6.45) is -0.920. The summed E-state index contributed by atoms with van der Waals surface area (Å²) in [5, 5.41) is 7.12. The van der Waals surface area contributed by atoms with Crippen molar-refractivity contribution in [3.8, 4) is 0 Å². The van der Waals surface area contributed by atoms with Gasteiger partial charge in [-0.1, -0.05) is 31.2 Å². The van der Waals surface area contributed by atoms with Gasteiger partial charge in [0.15, 0.2) is 0 Å². The Hall–Kier alpha value is -2.41. The van der Waals surface area contributed by atoms with Crippen LogP contribution in [-0.2, 0) is 24.2 Å². The first-order chi connectivity index (χ1) is 12.7. The van der Waals surface area contributed by atoms with Crippen molar-refractivity contribution in [1.29, 1.82) is 0 Å². The van der Waals surface area contributed by atoms with E-state index in [1.54, 1.807) is 5.56 Å². The molecule has 0 spiro atoms. The molecule has 4 nitrogen and oxygen atoms in total. The van der Waals surface area contributed by atoms with Crippen molar-refractivity contribution >= 4 is 5.97 Å². The molecule has 0 fully saturated rings. The smallest absolute Gasteiger partial charge is 0.475 e. The maximum Gasteiger partial charge on any atom is 0.490 e. The molecular formula is C20H23F3N2O2. The van der Waals surface area contributed by atoms with E-state index in [1.165, 1.54) is 16.8 Å². The Labute approximate surface area is 156 Å². The van der Waals surface area contributed by atoms with E-state index in [0.29, 0.717) is 6.04 Å². The van der Waals surface area contributed by atoms with Gasteiger partial charge >= 0.3 is 12.1 Å². The molecule has 0 saturated carbocycles. The van der Waals surface area contributed by atoms with Crippen LogP contribution in [0.1, 0.15) is 42.3 Å². The van der Waals surface area contributed by atoms with Gasteiger partial charge in [0.25, 0.3) is 0 Å². The van der Waals surface area contributed by atoms with Gasteiger partial charge in [-0.05, 0) is 48.6 Å². The van der Waals surface area contributed by atoms with Crippen molar-refractivity contribution < 1.29 is 23.1 Å². The second kappa shape index (κ2) is 8.99. The van der Waals surface area contributed by atoms with E-state index < -0.39 is 12.1 Å². The number of nitrogens with zero attached hydrogens (tertiary/aromatic N) is 2. The predicted molar refractivity (Wildman–Crippen MR) is 96.3 cm³/mol. The lowest BCUT2D eigenvalue weighted by Crippen LogP contribution is -2.33. The van der Waals surface area contributed by atoms with Gasteiger partial charge in [0.1, 0.15) is 0 Å². The number of aliphatic carboxylic acids is 1. The van der Waals surface area contributed by atoms with Crippen LogP contribution in [0.15, 0.2) is 42.6 Å². The molecule has 1 aliphatic rings. The number of alkyl halides is 3. The number of carboxylic acids is 1. The van der Waals surface area contributed by atoms with Gasteiger partial charge in [0, 0.05) is 25.3 Å². The molecule has 1 atom stereocenters. The van der Waals surface area contributed by atoms with Gasteiger partial charge in [-0.3, -0.25) is 9.88 Å². The minimum atomic E-state index is -5.08. The molecule has 1 aromatic carbocycles. The van der Waals surface area contributed by atoms with Gasteiger partial charge in [-0.2, -0.15) is 13.2 Å². The highest BCUT2D eigenvalue weighted by molar-refractivity contribution is 5.73. The van der Waals surface area contributed by atoms with Crippen molar-refractivity contribution in [2.75, 3.05) is 6.54 Å². The summed E-state index contributed by atoms with van der Waals surface area (Å²) in [5.41, 5.74) is 5.75. The molecule has 146 valence electrons. The molecule has 1 unspecified atom stereocenters. The van der Waals surface area contributed by atoms with Crippen LogP contribution in [0.25, 0.3) is 0 Å². The highest BCUT2D eigenvalue weighted by Gasteiger charge is 2.38. The number of rotatable bonds is 3. The Morgan fingerprint density at radius 2 is 1.96 bits per heavy atom. The number of carboxylic acid groups (broad SMARTS) is 1. The number of hydrogen-bond donors (Lipinski definition) is 1. The maximum absolute atomic E-state index is 10.6. The maximum atomic E-state index is 10.6. The third-order valence-electron chi connectivity index (χ3n) is 4.69. The van der Waals surface area contributed by atoms with E-state index in [0.717, 1.165) is 25.9 Å². The predicted octanol–water partition coefficient (Wildman–Crippen LogP) is 4.40. The molecule has 2 aromatic rings. The first-order valence-corrected chi connectivity index (χ1v) is 8.78. The second-order valence-electron chi connectivity index (χ2n) is 6.36. The van der Waals surface area contributed by atoms with Gasteiger partial charge in [0.2, 0.25) is 0 Å². The molecule has 7 heteroatoms. The molecule has 27 heavy (non-hydrogen) atoms. The number of aryl methyl sites for hydroxylation is 1. The van der Waals surface area contributed by atoms with Crippen LogP contribution < -0.4 is 0 Å². The van der Waals surface area contributed by atoms with E-state index in [9.17, 15) is 13.2 Å². The van der Waals surface area contributed by atoms with Crippen molar-refractivity contribution in [2.45, 2.75) is 45.5 Å². The van der Waals surface area contributed by atoms with Crippen LogP contribution in [0.4, 0.5) is 13.2 Å². The minimum Gasteiger partial charge on any atom is -0.475 e. The second-order valence-corrected chi connectivity index (χ2v) is 6.36. The van der Waals surface area contributed by atoms with E-state index in [2.05, 4.69) is 54.1 Å². The summed E-state index contributed by atoms with van der Waals surface area (Å²) in [4.78, 5) is 16.0. The number of halogens is 3. The molecule has 0 aliphatic carbocycles. The van der Waals surface area contributed by atoms with Gasteiger partial charge in [-0.25, -0.2) is 4.79 Å². The number of hydrogen-bond acceptors (Lipinski definition) is 3. The van der Waals surface area contributed by atoms with Crippen LogP contribution in [0, 0.1) is 0 Å². The minimum absolute atomic E-state index is 0.384. The lowest BCUT2D eigenvalue weighted by molar-refractivity contribution is -0.192. The molecule has 3 rings (SSSR count). The highest BCUT2D eigenvalue weighted by Crippen LogP contribution is 2.28.